The molecule has 3 aromatic carbocycles. The first kappa shape index (κ1) is 20.6. The van der Waals surface area contributed by atoms with Gasteiger partial charge in [0.2, 0.25) is 0 Å². The number of para-hydroxylation sites is 1. The molecule has 6 nitrogen and oxygen atoms in total. The summed E-state index contributed by atoms with van der Waals surface area (Å²) in [4.78, 5) is 30.4. The second kappa shape index (κ2) is 8.24. The van der Waals surface area contributed by atoms with Crippen molar-refractivity contribution < 1.29 is 9.53 Å². The summed E-state index contributed by atoms with van der Waals surface area (Å²) in [6.45, 7) is 3.67. The van der Waals surface area contributed by atoms with E-state index < -0.39 is 0 Å². The van der Waals surface area contributed by atoms with Crippen molar-refractivity contribution in [3.63, 3.8) is 0 Å². The van der Waals surface area contributed by atoms with Crippen LogP contribution in [0.4, 0.5) is 5.69 Å². The Balaban J connectivity index is 1.69. The average Bonchev–Trinajstić information content (AvgIpc) is 2.75. The molecule has 1 aromatic heterocycles. The molecule has 0 saturated heterocycles. The molecule has 0 aliphatic heterocycles. The maximum atomic E-state index is 13.0. The molecular formula is C24H20ClN3O3. The number of methoxy groups -OCH3 is 1. The first-order chi connectivity index (χ1) is 14.9. The fourth-order valence-corrected chi connectivity index (χ4v) is 3.68. The molecule has 0 aliphatic rings. The standard InChI is InChI=1S/C24H20ClN3O3/c1-14-12-17(28-15(2)26-21-7-5-4-6-18(21)24(28)30)9-11-20(14)27-23(29)19-10-8-16(25)13-22(19)31-3/h4-13H,1-3H3,(H,27,29). The summed E-state index contributed by atoms with van der Waals surface area (Å²) < 4.78 is 6.84. The average molecular weight is 434 g/mol. The van der Waals surface area contributed by atoms with Crippen LogP contribution in [0.3, 0.4) is 0 Å². The first-order valence-corrected chi connectivity index (χ1v) is 10.0. The SMILES string of the molecule is COc1cc(Cl)ccc1C(=O)Nc1ccc(-n2c(C)nc3ccccc3c2=O)cc1C. The lowest BCUT2D eigenvalue weighted by Gasteiger charge is -2.15. The number of nitrogens with zero attached hydrogens (tertiary/aromatic N) is 2. The van der Waals surface area contributed by atoms with Crippen LogP contribution < -0.4 is 15.6 Å². The van der Waals surface area contributed by atoms with Crippen LogP contribution in [0.25, 0.3) is 16.6 Å². The predicted octanol–water partition coefficient (Wildman–Crippen LogP) is 4.92. The number of aryl methyl sites for hydroxylation is 2. The molecule has 0 bridgehead atoms. The third kappa shape index (κ3) is 3.90. The van der Waals surface area contributed by atoms with Crippen molar-refractivity contribution in [2.24, 2.45) is 0 Å². The van der Waals surface area contributed by atoms with Gasteiger partial charge in [-0.1, -0.05) is 23.7 Å². The van der Waals surface area contributed by atoms with E-state index in [1.165, 1.54) is 7.11 Å². The Morgan fingerprint density at radius 1 is 1.06 bits per heavy atom. The lowest BCUT2D eigenvalue weighted by Crippen LogP contribution is -2.22. The summed E-state index contributed by atoms with van der Waals surface area (Å²) in [5, 5.41) is 3.93. The van der Waals surface area contributed by atoms with Crippen LogP contribution in [-0.2, 0) is 0 Å². The van der Waals surface area contributed by atoms with Crippen LogP contribution in [-0.4, -0.2) is 22.6 Å². The highest BCUT2D eigenvalue weighted by molar-refractivity contribution is 6.31. The maximum absolute atomic E-state index is 13.0. The van der Waals surface area contributed by atoms with E-state index in [0.717, 1.165) is 5.56 Å². The Hall–Kier alpha value is -3.64. The quantitative estimate of drug-likeness (QED) is 0.496. The molecule has 0 spiro atoms. The van der Waals surface area contributed by atoms with Crippen LogP contribution in [0.5, 0.6) is 5.75 Å². The predicted molar refractivity (Wildman–Crippen MR) is 123 cm³/mol. The van der Waals surface area contributed by atoms with E-state index in [2.05, 4.69) is 10.3 Å². The molecular weight excluding hydrogens is 414 g/mol. The van der Waals surface area contributed by atoms with Crippen molar-refractivity contribution in [1.29, 1.82) is 0 Å². The number of ether oxygens (including phenoxy) is 1. The minimum absolute atomic E-state index is 0.134. The number of hydrogen-bond donors (Lipinski definition) is 1. The second-order valence-corrected chi connectivity index (χ2v) is 7.55. The van der Waals surface area contributed by atoms with Crippen LogP contribution in [0.1, 0.15) is 21.7 Å². The van der Waals surface area contributed by atoms with Gasteiger partial charge in [0.25, 0.3) is 11.5 Å². The van der Waals surface area contributed by atoms with Gasteiger partial charge in [-0.05, 0) is 67.9 Å². The van der Waals surface area contributed by atoms with Crippen molar-refractivity contribution in [3.8, 4) is 11.4 Å². The number of nitrogens with one attached hydrogen (secondary N) is 1. The van der Waals surface area contributed by atoms with Crippen LogP contribution >= 0.6 is 11.6 Å². The number of halogens is 1. The van der Waals surface area contributed by atoms with Gasteiger partial charge in [0.05, 0.1) is 29.3 Å². The third-order valence-corrected chi connectivity index (χ3v) is 5.30. The minimum Gasteiger partial charge on any atom is -0.496 e. The molecule has 0 fully saturated rings. The fourth-order valence-electron chi connectivity index (χ4n) is 3.52. The molecule has 0 aliphatic carbocycles. The monoisotopic (exact) mass is 433 g/mol. The van der Waals surface area contributed by atoms with Crippen molar-refractivity contribution in [1.82, 2.24) is 9.55 Å². The molecule has 0 saturated carbocycles. The zero-order chi connectivity index (χ0) is 22.1. The molecule has 1 N–H and O–H groups in total. The Morgan fingerprint density at radius 3 is 2.58 bits per heavy atom. The van der Waals surface area contributed by atoms with Crippen LogP contribution in [0, 0.1) is 13.8 Å². The van der Waals surface area contributed by atoms with Gasteiger partial charge in [0.15, 0.2) is 0 Å². The van der Waals surface area contributed by atoms with Gasteiger partial charge in [0, 0.05) is 10.7 Å². The minimum atomic E-state index is -0.315. The lowest BCUT2D eigenvalue weighted by atomic mass is 10.1. The number of benzene rings is 3. The van der Waals surface area contributed by atoms with E-state index in [-0.39, 0.29) is 11.5 Å². The first-order valence-electron chi connectivity index (χ1n) is 9.63. The Morgan fingerprint density at radius 2 is 1.84 bits per heavy atom. The van der Waals surface area contributed by atoms with Gasteiger partial charge in [-0.3, -0.25) is 14.2 Å². The van der Waals surface area contributed by atoms with E-state index in [9.17, 15) is 9.59 Å². The largest absolute Gasteiger partial charge is 0.496 e. The normalized spacial score (nSPS) is 10.8. The number of carbonyl (C=O) groups excluding carboxylic acids is 1. The third-order valence-electron chi connectivity index (χ3n) is 5.07. The van der Waals surface area contributed by atoms with Gasteiger partial charge < -0.3 is 10.1 Å². The number of anilines is 1. The van der Waals surface area contributed by atoms with Crippen molar-refractivity contribution in [3.05, 3.63) is 93.0 Å². The number of aromatic nitrogens is 2. The van der Waals surface area contributed by atoms with Crippen molar-refractivity contribution in [2.75, 3.05) is 12.4 Å². The molecule has 0 radical (unpaired) electrons. The summed E-state index contributed by atoms with van der Waals surface area (Å²) in [6, 6.07) is 17.5. The molecule has 156 valence electrons. The molecule has 0 unspecified atom stereocenters. The number of carbonyl (C=O) groups is 1. The van der Waals surface area contributed by atoms with Crippen LogP contribution in [0.15, 0.2) is 65.5 Å². The van der Waals surface area contributed by atoms with Gasteiger partial charge in [-0.2, -0.15) is 0 Å². The summed E-state index contributed by atoms with van der Waals surface area (Å²) in [5.41, 5.74) is 3.02. The smallest absolute Gasteiger partial charge is 0.265 e. The van der Waals surface area contributed by atoms with Crippen molar-refractivity contribution >= 4 is 34.1 Å². The number of fused-ring (bicyclic) bond motifs is 1. The highest BCUT2D eigenvalue weighted by Gasteiger charge is 2.15. The highest BCUT2D eigenvalue weighted by atomic mass is 35.5. The van der Waals surface area contributed by atoms with Gasteiger partial charge in [-0.25, -0.2) is 4.98 Å². The Bertz CT molecular complexity index is 1380. The second-order valence-electron chi connectivity index (χ2n) is 7.11. The Kier molecular flexibility index (Phi) is 5.48. The van der Waals surface area contributed by atoms with E-state index in [1.54, 1.807) is 47.9 Å². The molecule has 31 heavy (non-hydrogen) atoms. The number of amides is 1. The molecule has 4 rings (SSSR count). The zero-order valence-corrected chi connectivity index (χ0v) is 18.0. The lowest BCUT2D eigenvalue weighted by molar-refractivity contribution is 0.102. The zero-order valence-electron chi connectivity index (χ0n) is 17.3. The molecule has 4 aromatic rings. The highest BCUT2D eigenvalue weighted by Crippen LogP contribution is 2.26. The summed E-state index contributed by atoms with van der Waals surface area (Å²) >= 11 is 5.98. The number of hydrogen-bond acceptors (Lipinski definition) is 4. The van der Waals surface area contributed by atoms with E-state index >= 15 is 0 Å². The van der Waals surface area contributed by atoms with Gasteiger partial charge >= 0.3 is 0 Å². The molecule has 1 amide bonds. The summed E-state index contributed by atoms with van der Waals surface area (Å²) in [6.07, 6.45) is 0. The molecule has 1 heterocycles. The molecule has 0 atom stereocenters. The van der Waals surface area contributed by atoms with E-state index in [0.29, 0.717) is 44.4 Å². The maximum Gasteiger partial charge on any atom is 0.265 e. The Labute approximate surface area is 184 Å². The van der Waals surface area contributed by atoms with Crippen LogP contribution in [0.2, 0.25) is 5.02 Å². The topological polar surface area (TPSA) is 73.2 Å². The van der Waals surface area contributed by atoms with E-state index in [1.807, 2.05) is 31.2 Å². The number of rotatable bonds is 4. The van der Waals surface area contributed by atoms with Crippen molar-refractivity contribution in [2.45, 2.75) is 13.8 Å². The van der Waals surface area contributed by atoms with Gasteiger partial charge in [-0.15, -0.1) is 0 Å². The summed E-state index contributed by atoms with van der Waals surface area (Å²) in [5.74, 6) is 0.666. The summed E-state index contributed by atoms with van der Waals surface area (Å²) in [7, 11) is 1.49. The van der Waals surface area contributed by atoms with Gasteiger partial charge in [0.1, 0.15) is 11.6 Å². The van der Waals surface area contributed by atoms with E-state index in [4.69, 9.17) is 16.3 Å². The molecule has 7 heteroatoms. The fraction of sp³-hybridized carbons (Fsp3) is 0.125.